The molecule has 0 aliphatic rings. The number of carbonyl (C=O) groups excluding carboxylic acids is 1. The van der Waals surface area contributed by atoms with Crippen molar-refractivity contribution >= 4 is 5.97 Å². The van der Waals surface area contributed by atoms with Gasteiger partial charge in [0.15, 0.2) is 0 Å². The molecule has 17 heavy (non-hydrogen) atoms. The van der Waals surface area contributed by atoms with Crippen LogP contribution in [0.5, 0.6) is 0 Å². The standard InChI is InChI=1S/C13H20N2O2/c1-10(2)7-12(13(16)17-3)15-9-11-5-4-6-14-8-11/h4-6,8,10,12,15H,7,9H2,1-3H3/t12-/m1/s1. The van der Waals surface area contributed by atoms with Gasteiger partial charge in [0.25, 0.3) is 0 Å². The van der Waals surface area contributed by atoms with Crippen LogP contribution in [-0.4, -0.2) is 24.1 Å². The number of hydrogen-bond donors (Lipinski definition) is 1. The van der Waals surface area contributed by atoms with Gasteiger partial charge >= 0.3 is 5.97 Å². The largest absolute Gasteiger partial charge is 0.468 e. The lowest BCUT2D eigenvalue weighted by Gasteiger charge is -2.18. The second-order valence-corrected chi connectivity index (χ2v) is 4.45. The quantitative estimate of drug-likeness (QED) is 0.765. The Bertz CT molecular complexity index is 339. The molecular weight excluding hydrogens is 216 g/mol. The fourth-order valence-corrected chi connectivity index (χ4v) is 1.62. The molecule has 1 atom stereocenters. The average molecular weight is 236 g/mol. The van der Waals surface area contributed by atoms with Gasteiger partial charge in [0.2, 0.25) is 0 Å². The van der Waals surface area contributed by atoms with Gasteiger partial charge < -0.3 is 10.1 Å². The summed E-state index contributed by atoms with van der Waals surface area (Å²) in [6, 6.07) is 3.61. The molecule has 4 nitrogen and oxygen atoms in total. The highest BCUT2D eigenvalue weighted by Crippen LogP contribution is 2.07. The minimum Gasteiger partial charge on any atom is -0.468 e. The molecule has 1 aromatic rings. The summed E-state index contributed by atoms with van der Waals surface area (Å²) < 4.78 is 4.78. The number of nitrogens with one attached hydrogen (secondary N) is 1. The van der Waals surface area contributed by atoms with Crippen molar-refractivity contribution < 1.29 is 9.53 Å². The van der Waals surface area contributed by atoms with Crippen molar-refractivity contribution in [3.63, 3.8) is 0 Å². The fraction of sp³-hybridized carbons (Fsp3) is 0.538. The SMILES string of the molecule is COC(=O)[C@@H](CC(C)C)NCc1cccnc1. The van der Waals surface area contributed by atoms with Crippen molar-refractivity contribution in [2.45, 2.75) is 32.9 Å². The summed E-state index contributed by atoms with van der Waals surface area (Å²) in [5.74, 6) is 0.239. The molecule has 0 amide bonds. The number of methoxy groups -OCH3 is 1. The Morgan fingerprint density at radius 3 is 2.82 bits per heavy atom. The van der Waals surface area contributed by atoms with Gasteiger partial charge in [-0.25, -0.2) is 0 Å². The fourth-order valence-electron chi connectivity index (χ4n) is 1.62. The second-order valence-electron chi connectivity index (χ2n) is 4.45. The van der Waals surface area contributed by atoms with Gasteiger partial charge in [0.05, 0.1) is 7.11 Å². The summed E-state index contributed by atoms with van der Waals surface area (Å²) in [6.07, 6.45) is 4.29. The van der Waals surface area contributed by atoms with Crippen LogP contribution in [0.25, 0.3) is 0 Å². The lowest BCUT2D eigenvalue weighted by Crippen LogP contribution is -2.38. The Morgan fingerprint density at radius 1 is 1.53 bits per heavy atom. The zero-order valence-electron chi connectivity index (χ0n) is 10.6. The molecule has 4 heteroatoms. The minimum atomic E-state index is -0.250. The van der Waals surface area contributed by atoms with E-state index in [1.807, 2.05) is 12.1 Å². The molecule has 0 fully saturated rings. The predicted molar refractivity (Wildman–Crippen MR) is 66.3 cm³/mol. The Morgan fingerprint density at radius 2 is 2.29 bits per heavy atom. The third kappa shape index (κ3) is 4.95. The van der Waals surface area contributed by atoms with Gasteiger partial charge in [-0.3, -0.25) is 9.78 Å². The van der Waals surface area contributed by atoms with E-state index in [1.54, 1.807) is 12.4 Å². The summed E-state index contributed by atoms with van der Waals surface area (Å²) in [5.41, 5.74) is 1.06. The molecular formula is C13H20N2O2. The molecule has 0 radical (unpaired) electrons. The van der Waals surface area contributed by atoms with Gasteiger partial charge in [-0.2, -0.15) is 0 Å². The van der Waals surface area contributed by atoms with Gasteiger partial charge in [-0.15, -0.1) is 0 Å². The molecule has 0 aliphatic heterocycles. The van der Waals surface area contributed by atoms with E-state index in [2.05, 4.69) is 24.1 Å². The van der Waals surface area contributed by atoms with E-state index >= 15 is 0 Å². The number of hydrogen-bond acceptors (Lipinski definition) is 4. The summed E-state index contributed by atoms with van der Waals surface area (Å²) in [4.78, 5) is 15.6. The molecule has 0 aliphatic carbocycles. The van der Waals surface area contributed by atoms with Crippen molar-refractivity contribution in [3.05, 3.63) is 30.1 Å². The number of aromatic nitrogens is 1. The Hall–Kier alpha value is -1.42. The molecule has 1 rings (SSSR count). The van der Waals surface area contributed by atoms with Crippen molar-refractivity contribution in [2.75, 3.05) is 7.11 Å². The van der Waals surface area contributed by atoms with Crippen molar-refractivity contribution in [1.29, 1.82) is 0 Å². The Kier molecular flexibility index (Phi) is 5.63. The zero-order chi connectivity index (χ0) is 12.7. The molecule has 1 heterocycles. The Balaban J connectivity index is 2.52. The van der Waals surface area contributed by atoms with E-state index in [0.29, 0.717) is 12.5 Å². The summed E-state index contributed by atoms with van der Waals surface area (Å²) in [6.45, 7) is 4.80. The van der Waals surface area contributed by atoms with Crippen LogP contribution in [0.4, 0.5) is 0 Å². The van der Waals surface area contributed by atoms with Crippen LogP contribution in [0.1, 0.15) is 25.8 Å². The summed E-state index contributed by atoms with van der Waals surface area (Å²) in [7, 11) is 1.42. The van der Waals surface area contributed by atoms with Gasteiger partial charge in [-0.05, 0) is 24.0 Å². The number of ether oxygens (including phenoxy) is 1. The van der Waals surface area contributed by atoms with E-state index in [0.717, 1.165) is 12.0 Å². The van der Waals surface area contributed by atoms with E-state index < -0.39 is 0 Å². The third-order valence-corrected chi connectivity index (χ3v) is 2.47. The maximum atomic E-state index is 11.6. The Labute approximate surface area is 102 Å². The number of pyridine rings is 1. The maximum Gasteiger partial charge on any atom is 0.322 e. The lowest BCUT2D eigenvalue weighted by atomic mass is 10.0. The first kappa shape index (κ1) is 13.6. The monoisotopic (exact) mass is 236 g/mol. The molecule has 94 valence electrons. The molecule has 0 aromatic carbocycles. The van der Waals surface area contributed by atoms with Gasteiger partial charge in [0.1, 0.15) is 6.04 Å². The van der Waals surface area contributed by atoms with Crippen molar-refractivity contribution in [2.24, 2.45) is 5.92 Å². The highest BCUT2D eigenvalue weighted by atomic mass is 16.5. The molecule has 0 saturated heterocycles. The van der Waals surface area contributed by atoms with E-state index in [1.165, 1.54) is 7.11 Å². The molecule has 1 aromatic heterocycles. The predicted octanol–water partition coefficient (Wildman–Crippen LogP) is 1.76. The molecule has 1 N–H and O–H groups in total. The summed E-state index contributed by atoms with van der Waals surface area (Å²) in [5, 5.41) is 3.20. The van der Waals surface area contributed by atoms with Gasteiger partial charge in [0, 0.05) is 18.9 Å². The van der Waals surface area contributed by atoms with Crippen LogP contribution in [0.15, 0.2) is 24.5 Å². The summed E-state index contributed by atoms with van der Waals surface area (Å²) >= 11 is 0. The van der Waals surface area contributed by atoms with Gasteiger partial charge in [-0.1, -0.05) is 19.9 Å². The molecule has 0 bridgehead atoms. The van der Waals surface area contributed by atoms with Crippen molar-refractivity contribution in [3.8, 4) is 0 Å². The molecule has 0 unspecified atom stereocenters. The first-order valence-corrected chi connectivity index (χ1v) is 5.83. The molecule has 0 saturated carbocycles. The van der Waals surface area contributed by atoms with Crippen LogP contribution in [0.2, 0.25) is 0 Å². The zero-order valence-corrected chi connectivity index (χ0v) is 10.6. The second kappa shape index (κ2) is 7.01. The van der Waals surface area contributed by atoms with Crippen LogP contribution < -0.4 is 5.32 Å². The van der Waals surface area contributed by atoms with E-state index in [9.17, 15) is 4.79 Å². The molecule has 0 spiro atoms. The maximum absolute atomic E-state index is 11.6. The van der Waals surface area contributed by atoms with Crippen LogP contribution >= 0.6 is 0 Å². The van der Waals surface area contributed by atoms with Crippen LogP contribution in [-0.2, 0) is 16.1 Å². The van der Waals surface area contributed by atoms with Crippen LogP contribution in [0.3, 0.4) is 0 Å². The van der Waals surface area contributed by atoms with E-state index in [-0.39, 0.29) is 12.0 Å². The van der Waals surface area contributed by atoms with E-state index in [4.69, 9.17) is 4.74 Å². The topological polar surface area (TPSA) is 51.2 Å². The number of carbonyl (C=O) groups is 1. The van der Waals surface area contributed by atoms with Crippen LogP contribution in [0, 0.1) is 5.92 Å². The third-order valence-electron chi connectivity index (χ3n) is 2.47. The first-order valence-electron chi connectivity index (χ1n) is 5.83. The van der Waals surface area contributed by atoms with Crippen molar-refractivity contribution in [1.82, 2.24) is 10.3 Å². The number of nitrogens with zero attached hydrogens (tertiary/aromatic N) is 1. The highest BCUT2D eigenvalue weighted by Gasteiger charge is 2.19. The highest BCUT2D eigenvalue weighted by molar-refractivity contribution is 5.75. The minimum absolute atomic E-state index is 0.206. The smallest absolute Gasteiger partial charge is 0.322 e. The normalized spacial score (nSPS) is 12.5. The lowest BCUT2D eigenvalue weighted by molar-refractivity contribution is -0.143. The average Bonchev–Trinajstić information content (AvgIpc) is 2.34. The first-order chi connectivity index (χ1) is 8.13. The number of rotatable bonds is 6. The number of esters is 1.